The van der Waals surface area contributed by atoms with E-state index in [0.717, 1.165) is 221 Å². The lowest BCUT2D eigenvalue weighted by atomic mass is 9.99. The third-order valence-electron chi connectivity index (χ3n) is 29.6. The third kappa shape index (κ3) is 14.7. The van der Waals surface area contributed by atoms with Gasteiger partial charge in [0.1, 0.15) is 0 Å². The molecule has 0 unspecified atom stereocenters. The molecule has 0 saturated carbocycles. The molecule has 150 heavy (non-hydrogen) atoms. The van der Waals surface area contributed by atoms with Gasteiger partial charge in [-0.15, -0.1) is 0 Å². The second kappa shape index (κ2) is 35.9. The Kier molecular flexibility index (Phi) is 20.7. The fourth-order valence-corrected chi connectivity index (χ4v) is 22.5. The maximum atomic E-state index is 7.37. The first-order valence-corrected chi connectivity index (χ1v) is 50.7. The van der Waals surface area contributed by atoms with E-state index in [2.05, 4.69) is 510 Å². The van der Waals surface area contributed by atoms with Gasteiger partial charge in [0.05, 0.1) is 44.1 Å². The maximum Gasteiger partial charge on any atom is 0.164 e. The molecule has 700 valence electrons. The second-order valence-electron chi connectivity index (χ2n) is 38.3. The average molecular weight is 1920 g/mol. The Balaban J connectivity index is 0.000000141. The molecule has 0 saturated heterocycles. The van der Waals surface area contributed by atoms with Crippen LogP contribution in [0.3, 0.4) is 0 Å². The zero-order valence-corrected chi connectivity index (χ0v) is 80.9. The van der Waals surface area contributed by atoms with E-state index < -0.39 is 0 Å². The van der Waals surface area contributed by atoms with Crippen LogP contribution in [0.2, 0.25) is 0 Å². The first-order valence-electron chi connectivity index (χ1n) is 50.7. The molecule has 0 N–H and O–H groups in total. The standard InChI is InChI=1S/2C69H43N5O/c1-4-16-44(17-5-1)47-30-34-53(35-31-47)73-61-28-12-10-26-55(61)57-38-40-59-60-41-39-58-56-27-11-13-29-62(56)74(64(58)66(60)75-65(59)63(57)73)54-36-32-48(33-37-54)67-70-68(51-24-14-22-49(42-51)45-18-6-2-7-19-45)72-69(71-67)52-25-15-23-50(43-52)46-20-8-3-9-21-46;1-4-17-44(18-5-1)46-31-35-51(36-32-46)73-61-29-14-12-26-54(61)56-39-41-58-59-42-40-57-55-27-13-15-30-62(55)74(64(57)66(59)75-65(58)63(56)73)52-37-33-48(34-38-52)67-70-68(50-24-16-23-49(43-50)45-19-6-2-7-20-45)72-69(71-67)60-28-11-10-25-53(60)47-21-8-3-9-22-47/h2*1-43H. The molecule has 30 aromatic rings. The Hall–Kier alpha value is -20.3. The molecule has 0 radical (unpaired) electrons. The van der Waals surface area contributed by atoms with E-state index in [1.807, 2.05) is 30.3 Å². The van der Waals surface area contributed by atoms with Crippen LogP contribution in [-0.2, 0) is 0 Å². The number of hydrogen-bond donors (Lipinski definition) is 0. The highest BCUT2D eigenvalue weighted by Crippen LogP contribution is 2.50. The van der Waals surface area contributed by atoms with E-state index in [9.17, 15) is 0 Å². The molecular weight excluding hydrogens is 1830 g/mol. The maximum absolute atomic E-state index is 7.37. The van der Waals surface area contributed by atoms with E-state index in [1.165, 1.54) is 33.0 Å². The van der Waals surface area contributed by atoms with Crippen LogP contribution >= 0.6 is 0 Å². The van der Waals surface area contributed by atoms with Gasteiger partial charge in [0.2, 0.25) is 0 Å². The number of nitrogens with zero attached hydrogens (tertiary/aromatic N) is 10. The Morgan fingerprint density at radius 2 is 0.327 bits per heavy atom. The molecule has 0 aliphatic carbocycles. The summed E-state index contributed by atoms with van der Waals surface area (Å²) in [5.41, 5.74) is 35.1. The average Bonchev–Trinajstić information content (AvgIpc) is 1.54. The molecule has 0 amide bonds. The zero-order valence-electron chi connectivity index (χ0n) is 80.9. The molecule has 30 rings (SSSR count). The van der Waals surface area contributed by atoms with Crippen molar-refractivity contribution in [2.45, 2.75) is 0 Å². The highest BCUT2D eigenvalue weighted by atomic mass is 16.3. The van der Waals surface area contributed by atoms with Gasteiger partial charge in [-0.25, -0.2) is 29.9 Å². The van der Waals surface area contributed by atoms with Crippen LogP contribution in [0.25, 0.3) is 289 Å². The van der Waals surface area contributed by atoms with Crippen molar-refractivity contribution in [1.29, 1.82) is 0 Å². The molecule has 12 heteroatoms. The van der Waals surface area contributed by atoms with Crippen LogP contribution in [-0.4, -0.2) is 48.2 Å². The number of furan rings is 2. The second-order valence-corrected chi connectivity index (χ2v) is 38.3. The predicted molar refractivity (Wildman–Crippen MR) is 617 cm³/mol. The van der Waals surface area contributed by atoms with E-state index in [4.69, 9.17) is 38.7 Å². The number of para-hydroxylation sites is 4. The van der Waals surface area contributed by atoms with Crippen molar-refractivity contribution in [1.82, 2.24) is 48.2 Å². The Bertz CT molecular complexity index is 10400. The minimum Gasteiger partial charge on any atom is -0.452 e. The molecule has 0 aliphatic rings. The zero-order chi connectivity index (χ0) is 98.8. The molecule has 0 bridgehead atoms. The van der Waals surface area contributed by atoms with Crippen LogP contribution in [0.4, 0.5) is 0 Å². The van der Waals surface area contributed by atoms with Crippen molar-refractivity contribution < 1.29 is 8.83 Å². The Morgan fingerprint density at radius 1 is 0.127 bits per heavy atom. The molecule has 22 aromatic carbocycles. The Labute approximate surface area is 861 Å². The summed E-state index contributed by atoms with van der Waals surface area (Å²) in [7, 11) is 0. The highest BCUT2D eigenvalue weighted by molar-refractivity contribution is 6.29. The van der Waals surface area contributed by atoms with E-state index in [-0.39, 0.29) is 0 Å². The SMILES string of the molecule is c1ccc(-c2ccc(-n3c4ccccc4c4ccc5c6ccc7c8ccccc8n(-c8ccc(-c9nc(-c%10cccc(-c%11ccccc%11)c%10)nc(-c%10cccc(-c%11ccccc%11)c%10)n9)cc8)c7c6oc5c43)cc2)cc1.c1ccc(-c2ccc(-n3c4ccccc4c4ccc5c6ccc7c8ccccc8n(-c8ccc(-c9nc(-c%10cccc(-c%11ccccc%11)c%10)nc(-c%10ccccc%10-c%10ccccc%10)n9)cc8)c7c6oc5c43)cc2)cc1. The van der Waals surface area contributed by atoms with Crippen molar-refractivity contribution in [3.8, 4) is 158 Å². The summed E-state index contributed by atoms with van der Waals surface area (Å²) in [5.74, 6) is 3.60. The predicted octanol–water partition coefficient (Wildman–Crippen LogP) is 35.9. The number of rotatable bonds is 16. The summed E-state index contributed by atoms with van der Waals surface area (Å²) >= 11 is 0. The molecular formula is C138H86N10O2. The van der Waals surface area contributed by atoms with Gasteiger partial charge in [0, 0.05) is 121 Å². The van der Waals surface area contributed by atoms with Crippen LogP contribution in [0.1, 0.15) is 0 Å². The number of hydrogen-bond acceptors (Lipinski definition) is 8. The number of benzene rings is 22. The van der Waals surface area contributed by atoms with E-state index >= 15 is 0 Å². The molecule has 0 fully saturated rings. The van der Waals surface area contributed by atoms with Gasteiger partial charge in [-0.1, -0.05) is 382 Å². The van der Waals surface area contributed by atoms with Gasteiger partial charge in [0.15, 0.2) is 57.3 Å². The summed E-state index contributed by atoms with van der Waals surface area (Å²) in [6.45, 7) is 0. The molecule has 12 nitrogen and oxygen atoms in total. The van der Waals surface area contributed by atoms with Crippen molar-refractivity contribution in [2.75, 3.05) is 0 Å². The minimum absolute atomic E-state index is 0.588. The molecule has 0 atom stereocenters. The topological polar surface area (TPSA) is 123 Å². The van der Waals surface area contributed by atoms with E-state index in [0.29, 0.717) is 34.9 Å². The molecule has 0 spiro atoms. The van der Waals surface area contributed by atoms with Crippen LogP contribution < -0.4 is 0 Å². The monoisotopic (exact) mass is 1910 g/mol. The molecule has 0 aliphatic heterocycles. The van der Waals surface area contributed by atoms with Crippen LogP contribution in [0.15, 0.2) is 531 Å². The van der Waals surface area contributed by atoms with Crippen LogP contribution in [0.5, 0.6) is 0 Å². The van der Waals surface area contributed by atoms with Gasteiger partial charge in [-0.3, -0.25) is 0 Å². The first-order chi connectivity index (χ1) is 74.4. The summed E-state index contributed by atoms with van der Waals surface area (Å²) < 4.78 is 24.2. The lowest BCUT2D eigenvalue weighted by molar-refractivity contribution is 0.673. The van der Waals surface area contributed by atoms with Crippen molar-refractivity contribution in [3.63, 3.8) is 0 Å². The largest absolute Gasteiger partial charge is 0.452 e. The lowest BCUT2D eigenvalue weighted by Gasteiger charge is -2.13. The first kappa shape index (κ1) is 86.3. The van der Waals surface area contributed by atoms with Gasteiger partial charge in [0.25, 0.3) is 0 Å². The fourth-order valence-electron chi connectivity index (χ4n) is 22.5. The summed E-state index contributed by atoms with van der Waals surface area (Å²) in [5, 5.41) is 13.5. The molecule has 8 aromatic heterocycles. The third-order valence-corrected chi connectivity index (χ3v) is 29.6. The van der Waals surface area contributed by atoms with Gasteiger partial charge in [-0.2, -0.15) is 0 Å². The quantitative estimate of drug-likeness (QED) is 0.0937. The lowest BCUT2D eigenvalue weighted by Crippen LogP contribution is -2.01. The number of fused-ring (bicyclic) bond motifs is 22. The summed E-state index contributed by atoms with van der Waals surface area (Å²) in [6.07, 6.45) is 0. The van der Waals surface area contributed by atoms with Crippen molar-refractivity contribution in [3.05, 3.63) is 522 Å². The highest BCUT2D eigenvalue weighted by Gasteiger charge is 2.29. The summed E-state index contributed by atoms with van der Waals surface area (Å²) in [4.78, 5) is 31.3. The Morgan fingerprint density at radius 3 is 0.613 bits per heavy atom. The smallest absolute Gasteiger partial charge is 0.164 e. The summed E-state index contributed by atoms with van der Waals surface area (Å²) in [6, 6.07) is 184. The van der Waals surface area contributed by atoms with Gasteiger partial charge < -0.3 is 27.1 Å². The van der Waals surface area contributed by atoms with Crippen molar-refractivity contribution >= 4 is 131 Å². The van der Waals surface area contributed by atoms with Crippen molar-refractivity contribution in [2.24, 2.45) is 0 Å². The van der Waals surface area contributed by atoms with Gasteiger partial charge >= 0.3 is 0 Å². The fraction of sp³-hybridized carbons (Fsp3) is 0. The number of aromatic nitrogens is 10. The van der Waals surface area contributed by atoms with Gasteiger partial charge in [-0.05, 0) is 206 Å². The van der Waals surface area contributed by atoms with Crippen LogP contribution in [0, 0.1) is 0 Å². The van der Waals surface area contributed by atoms with E-state index in [1.54, 1.807) is 0 Å². The normalized spacial score (nSPS) is 11.7. The molecule has 8 heterocycles. The minimum atomic E-state index is 0.588.